The summed E-state index contributed by atoms with van der Waals surface area (Å²) in [5.74, 6) is -0.134. The van der Waals surface area contributed by atoms with E-state index in [1.807, 2.05) is 18.2 Å². The number of amides is 1. The number of benzene rings is 2. The number of nitrogens with one attached hydrogen (secondary N) is 2. The molecule has 1 aliphatic rings. The molecule has 0 atom stereocenters. The molecule has 21 heavy (non-hydrogen) atoms. The van der Waals surface area contributed by atoms with Gasteiger partial charge in [-0.1, -0.05) is 17.7 Å². The molecular weight excluding hydrogens is 399 g/mol. The maximum Gasteiger partial charge on any atom is 0.256 e. The van der Waals surface area contributed by atoms with E-state index < -0.39 is 0 Å². The smallest absolute Gasteiger partial charge is 0.256 e. The van der Waals surface area contributed by atoms with Gasteiger partial charge in [-0.2, -0.15) is 0 Å². The Labute approximate surface area is 142 Å². The van der Waals surface area contributed by atoms with Gasteiger partial charge in [0.05, 0.1) is 5.56 Å². The monoisotopic (exact) mass is 412 g/mol. The fourth-order valence-corrected chi connectivity index (χ4v) is 3.18. The van der Waals surface area contributed by atoms with Crippen molar-refractivity contribution < 1.29 is 4.79 Å². The molecule has 3 rings (SSSR count). The van der Waals surface area contributed by atoms with Crippen LogP contribution in [-0.2, 0) is 13.0 Å². The van der Waals surface area contributed by atoms with Crippen LogP contribution in [0.3, 0.4) is 0 Å². The van der Waals surface area contributed by atoms with Crippen LogP contribution in [-0.4, -0.2) is 12.5 Å². The van der Waals surface area contributed by atoms with Crippen molar-refractivity contribution in [1.82, 2.24) is 5.32 Å². The molecule has 2 aromatic rings. The van der Waals surface area contributed by atoms with Gasteiger partial charge in [-0.05, 0) is 77.0 Å². The van der Waals surface area contributed by atoms with Crippen LogP contribution in [0.15, 0.2) is 36.4 Å². The van der Waals surface area contributed by atoms with Crippen molar-refractivity contribution in [3.8, 4) is 0 Å². The summed E-state index contributed by atoms with van der Waals surface area (Å²) in [6, 6.07) is 11.4. The molecule has 0 spiro atoms. The van der Waals surface area contributed by atoms with Gasteiger partial charge >= 0.3 is 0 Å². The fourth-order valence-electron chi connectivity index (χ4n) is 2.43. The standard InChI is InChI=1S/C16H14ClIN2O/c17-12-2-4-15(18)14(8-12)16(21)20-13-3-1-10-5-6-19-9-11(10)7-13/h1-4,7-8,19H,5-6,9H2,(H,20,21). The molecule has 0 bridgehead atoms. The molecule has 0 saturated heterocycles. The zero-order valence-corrected chi connectivity index (χ0v) is 14.2. The Hall–Kier alpha value is -1.11. The summed E-state index contributed by atoms with van der Waals surface area (Å²) in [5, 5.41) is 6.85. The minimum Gasteiger partial charge on any atom is -0.322 e. The van der Waals surface area contributed by atoms with Gasteiger partial charge in [0, 0.05) is 20.8 Å². The third kappa shape index (κ3) is 3.39. The molecule has 0 saturated carbocycles. The Kier molecular flexibility index (Phi) is 4.47. The van der Waals surface area contributed by atoms with E-state index in [2.05, 4.69) is 39.3 Å². The highest BCUT2D eigenvalue weighted by atomic mass is 127. The highest BCUT2D eigenvalue weighted by Crippen LogP contribution is 2.22. The minimum atomic E-state index is -0.134. The first-order chi connectivity index (χ1) is 10.1. The summed E-state index contributed by atoms with van der Waals surface area (Å²) in [7, 11) is 0. The number of carbonyl (C=O) groups excluding carboxylic acids is 1. The van der Waals surface area contributed by atoms with Crippen LogP contribution in [0.4, 0.5) is 5.69 Å². The molecule has 1 amide bonds. The highest BCUT2D eigenvalue weighted by molar-refractivity contribution is 14.1. The van der Waals surface area contributed by atoms with Crippen molar-refractivity contribution in [3.05, 3.63) is 61.7 Å². The van der Waals surface area contributed by atoms with Gasteiger partial charge in [-0.25, -0.2) is 0 Å². The molecule has 3 nitrogen and oxygen atoms in total. The first kappa shape index (κ1) is 14.8. The zero-order valence-electron chi connectivity index (χ0n) is 11.2. The average molecular weight is 413 g/mol. The van der Waals surface area contributed by atoms with E-state index in [0.29, 0.717) is 10.6 Å². The van der Waals surface area contributed by atoms with Gasteiger partial charge in [0.15, 0.2) is 0 Å². The van der Waals surface area contributed by atoms with E-state index in [0.717, 1.165) is 28.8 Å². The largest absolute Gasteiger partial charge is 0.322 e. The molecule has 2 N–H and O–H groups in total. The van der Waals surface area contributed by atoms with Crippen LogP contribution >= 0.6 is 34.2 Å². The Balaban J connectivity index is 1.83. The summed E-state index contributed by atoms with van der Waals surface area (Å²) in [5.41, 5.74) is 4.01. The van der Waals surface area contributed by atoms with Crippen LogP contribution in [0, 0.1) is 3.57 Å². The number of anilines is 1. The third-order valence-electron chi connectivity index (χ3n) is 3.52. The molecule has 0 radical (unpaired) electrons. The van der Waals surface area contributed by atoms with Crippen LogP contribution in [0.1, 0.15) is 21.5 Å². The predicted octanol–water partition coefficient (Wildman–Crippen LogP) is 3.84. The quantitative estimate of drug-likeness (QED) is 0.736. The molecule has 0 aliphatic carbocycles. The Morgan fingerprint density at radius 1 is 1.19 bits per heavy atom. The van der Waals surface area contributed by atoms with Gasteiger partial charge < -0.3 is 10.6 Å². The predicted molar refractivity (Wildman–Crippen MR) is 94.0 cm³/mol. The van der Waals surface area contributed by atoms with Crippen molar-refractivity contribution in [2.75, 3.05) is 11.9 Å². The van der Waals surface area contributed by atoms with Crippen molar-refractivity contribution >= 4 is 45.8 Å². The highest BCUT2D eigenvalue weighted by Gasteiger charge is 2.13. The molecule has 0 aromatic heterocycles. The van der Waals surface area contributed by atoms with Crippen molar-refractivity contribution in [2.24, 2.45) is 0 Å². The number of halogens is 2. The number of hydrogen-bond acceptors (Lipinski definition) is 2. The summed E-state index contributed by atoms with van der Waals surface area (Å²) in [4.78, 5) is 12.4. The maximum absolute atomic E-state index is 12.4. The maximum atomic E-state index is 12.4. The van der Waals surface area contributed by atoms with Crippen LogP contribution < -0.4 is 10.6 Å². The lowest BCUT2D eigenvalue weighted by Gasteiger charge is -2.18. The molecule has 2 aromatic carbocycles. The lowest BCUT2D eigenvalue weighted by Crippen LogP contribution is -2.23. The molecular formula is C16H14ClIN2O. The molecule has 0 unspecified atom stereocenters. The summed E-state index contributed by atoms with van der Waals surface area (Å²) in [6.07, 6.45) is 1.04. The summed E-state index contributed by atoms with van der Waals surface area (Å²) < 4.78 is 0.883. The first-order valence-corrected chi connectivity index (χ1v) is 8.18. The van der Waals surface area contributed by atoms with Crippen molar-refractivity contribution in [2.45, 2.75) is 13.0 Å². The van der Waals surface area contributed by atoms with E-state index in [9.17, 15) is 4.79 Å². The van der Waals surface area contributed by atoms with Gasteiger partial charge in [-0.15, -0.1) is 0 Å². The van der Waals surface area contributed by atoms with Crippen LogP contribution in [0.5, 0.6) is 0 Å². The second-order valence-electron chi connectivity index (χ2n) is 4.99. The molecule has 1 aliphatic heterocycles. The minimum absolute atomic E-state index is 0.134. The lowest BCUT2D eigenvalue weighted by molar-refractivity contribution is 0.102. The summed E-state index contributed by atoms with van der Waals surface area (Å²) in [6.45, 7) is 1.87. The number of fused-ring (bicyclic) bond motifs is 1. The van der Waals surface area contributed by atoms with Gasteiger partial charge in [0.1, 0.15) is 0 Å². The third-order valence-corrected chi connectivity index (χ3v) is 4.70. The Morgan fingerprint density at radius 2 is 2.05 bits per heavy atom. The Bertz CT molecular complexity index is 703. The van der Waals surface area contributed by atoms with E-state index in [1.54, 1.807) is 12.1 Å². The zero-order chi connectivity index (χ0) is 14.8. The van der Waals surface area contributed by atoms with Crippen molar-refractivity contribution in [3.63, 3.8) is 0 Å². The first-order valence-electron chi connectivity index (χ1n) is 6.72. The average Bonchev–Trinajstić information content (AvgIpc) is 2.49. The topological polar surface area (TPSA) is 41.1 Å². The van der Waals surface area contributed by atoms with Gasteiger partial charge in [0.25, 0.3) is 5.91 Å². The van der Waals surface area contributed by atoms with Crippen LogP contribution in [0.25, 0.3) is 0 Å². The SMILES string of the molecule is O=C(Nc1ccc2c(c1)CNCC2)c1cc(Cl)ccc1I. The molecule has 0 fully saturated rings. The van der Waals surface area contributed by atoms with E-state index in [1.165, 1.54) is 11.1 Å². The molecule has 1 heterocycles. The molecule has 5 heteroatoms. The number of hydrogen-bond donors (Lipinski definition) is 2. The second-order valence-corrected chi connectivity index (χ2v) is 6.59. The molecule has 108 valence electrons. The van der Waals surface area contributed by atoms with Gasteiger partial charge in [0.2, 0.25) is 0 Å². The Morgan fingerprint density at radius 3 is 2.90 bits per heavy atom. The second kappa shape index (κ2) is 6.34. The van der Waals surface area contributed by atoms with Crippen LogP contribution in [0.2, 0.25) is 5.02 Å². The van der Waals surface area contributed by atoms with E-state index >= 15 is 0 Å². The number of carbonyl (C=O) groups is 1. The van der Waals surface area contributed by atoms with Crippen molar-refractivity contribution in [1.29, 1.82) is 0 Å². The lowest BCUT2D eigenvalue weighted by atomic mass is 10.0. The number of rotatable bonds is 2. The van der Waals surface area contributed by atoms with E-state index in [4.69, 9.17) is 11.6 Å². The normalized spacial score (nSPS) is 13.6. The van der Waals surface area contributed by atoms with Gasteiger partial charge in [-0.3, -0.25) is 4.79 Å². The summed E-state index contributed by atoms with van der Waals surface area (Å²) >= 11 is 8.11. The van der Waals surface area contributed by atoms with E-state index in [-0.39, 0.29) is 5.91 Å². The fraction of sp³-hybridized carbons (Fsp3) is 0.188.